The van der Waals surface area contributed by atoms with Crippen LogP contribution in [0.1, 0.15) is 47.8 Å². The lowest BCUT2D eigenvalue weighted by Crippen LogP contribution is -2.60. The molecule has 5 atom stereocenters. The number of rotatable bonds is 5. The zero-order valence-corrected chi connectivity index (χ0v) is 18.5. The highest BCUT2D eigenvalue weighted by Gasteiger charge is 2.45. The van der Waals surface area contributed by atoms with Crippen LogP contribution in [0.5, 0.6) is 17.2 Å². The van der Waals surface area contributed by atoms with Crippen LogP contribution in [0.3, 0.4) is 0 Å². The number of fused-ring (bicyclic) bond motifs is 2. The number of hydrogen-bond donors (Lipinski definition) is 6. The minimum absolute atomic E-state index is 0.113. The quantitative estimate of drug-likeness (QED) is 0.265. The molecular formula is C23H22O12. The number of carbonyl (C=O) groups excluding carboxylic acids is 2. The second kappa shape index (κ2) is 8.91. The molecule has 0 bridgehead atoms. The van der Waals surface area contributed by atoms with Crippen molar-refractivity contribution in [2.45, 2.75) is 37.6 Å². The SMILES string of the molecule is COc1cc(O)c2c(c1)C(=O)c1cc(O[C@@H]3O[C@H](CO)[C@@H](O)[C@H](O)[C@H]3O)c(C(=O)O)c(C)c1C2=O. The Labute approximate surface area is 197 Å². The molecule has 1 heterocycles. The van der Waals surface area contributed by atoms with E-state index < -0.39 is 71.9 Å². The van der Waals surface area contributed by atoms with Gasteiger partial charge in [-0.1, -0.05) is 0 Å². The van der Waals surface area contributed by atoms with Crippen LogP contribution >= 0.6 is 0 Å². The molecule has 0 aromatic heterocycles. The van der Waals surface area contributed by atoms with Crippen molar-refractivity contribution < 1.29 is 59.2 Å². The lowest BCUT2D eigenvalue weighted by molar-refractivity contribution is -0.277. The molecule has 1 fully saturated rings. The summed E-state index contributed by atoms with van der Waals surface area (Å²) in [4.78, 5) is 38.6. The number of aliphatic hydroxyl groups excluding tert-OH is 4. The van der Waals surface area contributed by atoms with Crippen LogP contribution in [0.4, 0.5) is 0 Å². The molecular weight excluding hydrogens is 468 g/mol. The summed E-state index contributed by atoms with van der Waals surface area (Å²) < 4.78 is 15.8. The first kappa shape index (κ1) is 24.6. The zero-order chi connectivity index (χ0) is 25.8. The van der Waals surface area contributed by atoms with Gasteiger partial charge in [-0.25, -0.2) is 4.79 Å². The fourth-order valence-electron chi connectivity index (χ4n) is 4.31. The molecule has 0 unspecified atom stereocenters. The van der Waals surface area contributed by atoms with Gasteiger partial charge < -0.3 is 44.8 Å². The Balaban J connectivity index is 1.85. The van der Waals surface area contributed by atoms with Crippen LogP contribution in [0.25, 0.3) is 0 Å². The molecule has 0 radical (unpaired) electrons. The third-order valence-corrected chi connectivity index (χ3v) is 6.12. The van der Waals surface area contributed by atoms with E-state index in [1.807, 2.05) is 0 Å². The number of carboxylic acids is 1. The molecule has 35 heavy (non-hydrogen) atoms. The van der Waals surface area contributed by atoms with Crippen molar-refractivity contribution in [3.63, 3.8) is 0 Å². The van der Waals surface area contributed by atoms with E-state index in [2.05, 4.69) is 0 Å². The maximum Gasteiger partial charge on any atom is 0.339 e. The van der Waals surface area contributed by atoms with E-state index >= 15 is 0 Å². The molecule has 186 valence electrons. The minimum Gasteiger partial charge on any atom is -0.507 e. The normalized spacial score (nSPS) is 25.6. The van der Waals surface area contributed by atoms with Crippen molar-refractivity contribution in [2.75, 3.05) is 13.7 Å². The maximum absolute atomic E-state index is 13.3. The molecule has 0 amide bonds. The Morgan fingerprint density at radius 1 is 1.00 bits per heavy atom. The Kier molecular flexibility index (Phi) is 6.25. The summed E-state index contributed by atoms with van der Waals surface area (Å²) in [5.41, 5.74) is -1.61. The van der Waals surface area contributed by atoms with E-state index in [0.29, 0.717) is 0 Å². The number of carboxylic acid groups (broad SMARTS) is 1. The fourth-order valence-corrected chi connectivity index (χ4v) is 4.31. The maximum atomic E-state index is 13.3. The van der Waals surface area contributed by atoms with Crippen LogP contribution in [-0.2, 0) is 4.74 Å². The van der Waals surface area contributed by atoms with Gasteiger partial charge in [0.1, 0.15) is 47.2 Å². The molecule has 4 rings (SSSR count). The van der Waals surface area contributed by atoms with Gasteiger partial charge in [-0.2, -0.15) is 0 Å². The molecule has 0 saturated carbocycles. The summed E-state index contributed by atoms with van der Waals surface area (Å²) in [5, 5.41) is 59.8. The standard InChI is InChI=1S/C23H22O12/c1-7-14-10(17(26)9-3-8(33-2)4-11(25)16(9)19(14)28)5-12(15(7)22(31)32)34-23-21(30)20(29)18(27)13(6-24)35-23/h3-5,13,18,20-21,23-25,27,29-30H,6H2,1-2H3,(H,31,32)/t13-,18-,20+,21-,23-/m1/s1. The molecule has 1 saturated heterocycles. The van der Waals surface area contributed by atoms with Crippen molar-refractivity contribution in [2.24, 2.45) is 0 Å². The molecule has 12 nitrogen and oxygen atoms in total. The first-order valence-corrected chi connectivity index (χ1v) is 10.4. The monoisotopic (exact) mass is 490 g/mol. The van der Waals surface area contributed by atoms with E-state index in [0.717, 1.165) is 12.1 Å². The average molecular weight is 490 g/mol. The van der Waals surface area contributed by atoms with Crippen molar-refractivity contribution in [1.29, 1.82) is 0 Å². The largest absolute Gasteiger partial charge is 0.507 e. The number of carbonyl (C=O) groups is 3. The predicted octanol–water partition coefficient (Wildman–Crippen LogP) is -0.638. The number of phenols is 1. The predicted molar refractivity (Wildman–Crippen MR) is 114 cm³/mol. The molecule has 1 aliphatic carbocycles. The summed E-state index contributed by atoms with van der Waals surface area (Å²) in [5.74, 6) is -3.90. The third kappa shape index (κ3) is 3.81. The Morgan fingerprint density at radius 2 is 1.66 bits per heavy atom. The van der Waals surface area contributed by atoms with E-state index in [1.54, 1.807) is 0 Å². The van der Waals surface area contributed by atoms with Crippen molar-refractivity contribution >= 4 is 17.5 Å². The molecule has 1 aliphatic heterocycles. The zero-order valence-electron chi connectivity index (χ0n) is 18.5. The number of aromatic hydroxyl groups is 1. The second-order valence-corrected chi connectivity index (χ2v) is 8.14. The lowest BCUT2D eigenvalue weighted by Gasteiger charge is -2.39. The molecule has 2 aromatic carbocycles. The Bertz CT molecular complexity index is 1230. The van der Waals surface area contributed by atoms with Crippen molar-refractivity contribution in [1.82, 2.24) is 0 Å². The van der Waals surface area contributed by atoms with E-state index in [9.17, 15) is 45.0 Å². The number of benzene rings is 2. The molecule has 6 N–H and O–H groups in total. The van der Waals surface area contributed by atoms with Gasteiger partial charge in [0.2, 0.25) is 6.29 Å². The topological polar surface area (TPSA) is 200 Å². The number of ketones is 2. The van der Waals surface area contributed by atoms with Gasteiger partial charge >= 0.3 is 5.97 Å². The first-order chi connectivity index (χ1) is 16.5. The summed E-state index contributed by atoms with van der Waals surface area (Å²) in [6.07, 6.45) is -8.35. The fraction of sp³-hybridized carbons (Fsp3) is 0.348. The molecule has 2 aliphatic rings. The second-order valence-electron chi connectivity index (χ2n) is 8.14. The van der Waals surface area contributed by atoms with Gasteiger partial charge in [-0.15, -0.1) is 0 Å². The summed E-state index contributed by atoms with van der Waals surface area (Å²) in [6, 6.07) is 3.41. The highest BCUT2D eigenvalue weighted by Crippen LogP contribution is 2.40. The van der Waals surface area contributed by atoms with E-state index in [1.165, 1.54) is 20.1 Å². The minimum atomic E-state index is -1.84. The van der Waals surface area contributed by atoms with Crippen molar-refractivity contribution in [3.05, 3.63) is 51.6 Å². The molecule has 0 spiro atoms. The number of aromatic carboxylic acids is 1. The smallest absolute Gasteiger partial charge is 0.339 e. The summed E-state index contributed by atoms with van der Waals surface area (Å²) >= 11 is 0. The van der Waals surface area contributed by atoms with E-state index in [4.69, 9.17) is 14.2 Å². The van der Waals surface area contributed by atoms with Gasteiger partial charge in [0.15, 0.2) is 11.6 Å². The van der Waals surface area contributed by atoms with Crippen molar-refractivity contribution in [3.8, 4) is 17.2 Å². The van der Waals surface area contributed by atoms with Crippen LogP contribution in [0.15, 0.2) is 18.2 Å². The van der Waals surface area contributed by atoms with Crippen LogP contribution in [0.2, 0.25) is 0 Å². The number of ether oxygens (including phenoxy) is 3. The van der Waals surface area contributed by atoms with Crippen LogP contribution in [-0.4, -0.2) is 92.6 Å². The molecule has 2 aromatic rings. The van der Waals surface area contributed by atoms with Gasteiger partial charge in [0.05, 0.1) is 19.3 Å². The molecule has 12 heteroatoms. The number of methoxy groups -OCH3 is 1. The number of phenolic OH excluding ortho intramolecular Hbond substituents is 1. The highest BCUT2D eigenvalue weighted by atomic mass is 16.7. The Morgan fingerprint density at radius 3 is 2.26 bits per heavy atom. The van der Waals surface area contributed by atoms with E-state index in [-0.39, 0.29) is 33.6 Å². The number of aliphatic hydroxyl groups is 4. The Hall–Kier alpha value is -3.55. The third-order valence-electron chi connectivity index (χ3n) is 6.12. The highest BCUT2D eigenvalue weighted by molar-refractivity contribution is 6.30. The lowest BCUT2D eigenvalue weighted by atomic mass is 9.80. The first-order valence-electron chi connectivity index (χ1n) is 10.4. The van der Waals surface area contributed by atoms with Gasteiger partial charge in [0, 0.05) is 22.8 Å². The van der Waals surface area contributed by atoms with Crippen LogP contribution in [0, 0.1) is 6.92 Å². The van der Waals surface area contributed by atoms with Crippen LogP contribution < -0.4 is 9.47 Å². The van der Waals surface area contributed by atoms with Gasteiger partial charge in [0.25, 0.3) is 0 Å². The number of hydrogen-bond acceptors (Lipinski definition) is 11. The average Bonchev–Trinajstić information content (AvgIpc) is 2.81. The van der Waals surface area contributed by atoms with Gasteiger partial charge in [-0.3, -0.25) is 9.59 Å². The summed E-state index contributed by atoms with van der Waals surface area (Å²) in [7, 11) is 1.31. The summed E-state index contributed by atoms with van der Waals surface area (Å²) in [6.45, 7) is 0.536. The van der Waals surface area contributed by atoms with Gasteiger partial charge in [-0.05, 0) is 24.6 Å².